The van der Waals surface area contributed by atoms with Crippen molar-refractivity contribution in [1.29, 1.82) is 0 Å². The van der Waals surface area contributed by atoms with E-state index in [4.69, 9.17) is 10.5 Å². The minimum Gasteiger partial charge on any atom is -0.493 e. The molecule has 0 unspecified atom stereocenters. The van der Waals surface area contributed by atoms with Gasteiger partial charge < -0.3 is 10.5 Å². The predicted octanol–water partition coefficient (Wildman–Crippen LogP) is 3.44. The number of ether oxygens (including phenoxy) is 1. The number of rotatable bonds is 7. The molecule has 0 aliphatic carbocycles. The first-order valence-corrected chi connectivity index (χ1v) is 7.04. The highest BCUT2D eigenvalue weighted by atomic mass is 32.2. The van der Waals surface area contributed by atoms with Gasteiger partial charge in [0, 0.05) is 17.0 Å². The maximum absolute atomic E-state index is 5.78. The summed E-state index contributed by atoms with van der Waals surface area (Å²) >= 11 is 1.72. The van der Waals surface area contributed by atoms with Crippen molar-refractivity contribution in [3.8, 4) is 5.75 Å². The van der Waals surface area contributed by atoms with E-state index in [2.05, 4.69) is 19.2 Å². The van der Waals surface area contributed by atoms with Gasteiger partial charge in [-0.2, -0.15) is 0 Å². The largest absolute Gasteiger partial charge is 0.493 e. The molecular formula is C13H21NOS. The first kappa shape index (κ1) is 13.4. The van der Waals surface area contributed by atoms with Crippen LogP contribution in [0.1, 0.15) is 31.7 Å². The lowest BCUT2D eigenvalue weighted by Gasteiger charge is -2.13. The van der Waals surface area contributed by atoms with Crippen LogP contribution in [0.15, 0.2) is 23.1 Å². The molecule has 0 amide bonds. The third-order valence-corrected chi connectivity index (χ3v) is 3.34. The van der Waals surface area contributed by atoms with Gasteiger partial charge in [-0.3, -0.25) is 0 Å². The Morgan fingerprint density at radius 2 is 2.12 bits per heavy atom. The van der Waals surface area contributed by atoms with Crippen molar-refractivity contribution >= 4 is 11.8 Å². The fourth-order valence-electron chi connectivity index (χ4n) is 1.61. The zero-order valence-corrected chi connectivity index (χ0v) is 11.0. The average Bonchev–Trinajstić information content (AvgIpc) is 2.34. The van der Waals surface area contributed by atoms with Crippen molar-refractivity contribution < 1.29 is 4.74 Å². The Morgan fingerprint density at radius 1 is 1.31 bits per heavy atom. The fraction of sp³-hybridized carbons (Fsp3) is 0.538. The Kier molecular flexibility index (Phi) is 6.34. The summed E-state index contributed by atoms with van der Waals surface area (Å²) in [6.07, 6.45) is 5.62. The van der Waals surface area contributed by atoms with Crippen molar-refractivity contribution in [3.05, 3.63) is 23.8 Å². The van der Waals surface area contributed by atoms with Gasteiger partial charge in [0.05, 0.1) is 6.61 Å². The van der Waals surface area contributed by atoms with Crippen LogP contribution in [0.25, 0.3) is 0 Å². The molecule has 90 valence electrons. The highest BCUT2D eigenvalue weighted by molar-refractivity contribution is 7.98. The molecule has 1 rings (SSSR count). The zero-order valence-electron chi connectivity index (χ0n) is 10.2. The molecule has 0 saturated carbocycles. The van der Waals surface area contributed by atoms with Crippen LogP contribution in [0.3, 0.4) is 0 Å². The molecule has 1 aromatic rings. The van der Waals surface area contributed by atoms with Crippen molar-refractivity contribution in [1.82, 2.24) is 0 Å². The number of hydrogen-bond donors (Lipinski definition) is 1. The number of benzene rings is 1. The van der Waals surface area contributed by atoms with Gasteiger partial charge in [0.25, 0.3) is 0 Å². The highest BCUT2D eigenvalue weighted by Crippen LogP contribution is 2.28. The van der Waals surface area contributed by atoms with Gasteiger partial charge in [-0.25, -0.2) is 0 Å². The van der Waals surface area contributed by atoms with Crippen molar-refractivity contribution in [2.75, 3.05) is 12.9 Å². The Morgan fingerprint density at radius 3 is 2.75 bits per heavy atom. The molecular weight excluding hydrogens is 218 g/mol. The van der Waals surface area contributed by atoms with Crippen LogP contribution in [0.5, 0.6) is 5.75 Å². The number of unbranched alkanes of at least 4 members (excludes halogenated alkanes) is 2. The monoisotopic (exact) mass is 239 g/mol. The van der Waals surface area contributed by atoms with E-state index in [1.54, 1.807) is 11.8 Å². The van der Waals surface area contributed by atoms with Crippen LogP contribution in [0.2, 0.25) is 0 Å². The van der Waals surface area contributed by atoms with E-state index in [1.807, 2.05) is 12.1 Å². The second-order valence-corrected chi connectivity index (χ2v) is 4.54. The van der Waals surface area contributed by atoms with Gasteiger partial charge in [0.1, 0.15) is 5.75 Å². The fourth-order valence-corrected chi connectivity index (χ4v) is 2.25. The quantitative estimate of drug-likeness (QED) is 0.585. The molecule has 0 saturated heterocycles. The Bertz CT molecular complexity index is 315. The molecule has 0 spiro atoms. The third-order valence-electron chi connectivity index (χ3n) is 2.52. The molecule has 2 nitrogen and oxygen atoms in total. The van der Waals surface area contributed by atoms with Crippen molar-refractivity contribution in [2.45, 2.75) is 37.6 Å². The smallest absolute Gasteiger partial charge is 0.124 e. The second kappa shape index (κ2) is 7.58. The van der Waals surface area contributed by atoms with E-state index < -0.39 is 0 Å². The molecule has 0 atom stereocenters. The summed E-state index contributed by atoms with van der Waals surface area (Å²) < 4.78 is 5.78. The van der Waals surface area contributed by atoms with Gasteiger partial charge in [-0.1, -0.05) is 25.8 Å². The molecule has 0 aromatic heterocycles. The van der Waals surface area contributed by atoms with Crippen LogP contribution >= 0.6 is 11.8 Å². The summed E-state index contributed by atoms with van der Waals surface area (Å²) in [7, 11) is 0. The maximum Gasteiger partial charge on any atom is 0.124 e. The van der Waals surface area contributed by atoms with Gasteiger partial charge in [-0.15, -0.1) is 11.8 Å². The topological polar surface area (TPSA) is 35.2 Å². The van der Waals surface area contributed by atoms with Gasteiger partial charge in [0.15, 0.2) is 0 Å². The standard InChI is InChI=1S/C13H21NOS/c1-3-4-5-9-15-12-7-6-8-13(16-2)11(12)10-14/h6-8H,3-5,9-10,14H2,1-2H3. The number of hydrogen-bond acceptors (Lipinski definition) is 3. The molecule has 3 heteroatoms. The third kappa shape index (κ3) is 3.72. The lowest BCUT2D eigenvalue weighted by molar-refractivity contribution is 0.302. The van der Waals surface area contributed by atoms with E-state index in [1.165, 1.54) is 17.7 Å². The Hall–Kier alpha value is -0.670. The molecule has 0 aliphatic rings. The van der Waals surface area contributed by atoms with Gasteiger partial charge >= 0.3 is 0 Å². The molecule has 1 aromatic carbocycles. The summed E-state index contributed by atoms with van der Waals surface area (Å²) in [6, 6.07) is 6.12. The molecule has 0 bridgehead atoms. The zero-order chi connectivity index (χ0) is 11.8. The molecule has 0 fully saturated rings. The summed E-state index contributed by atoms with van der Waals surface area (Å²) in [4.78, 5) is 1.22. The van der Waals surface area contributed by atoms with Gasteiger partial charge in [-0.05, 0) is 24.8 Å². The summed E-state index contributed by atoms with van der Waals surface area (Å²) in [5.74, 6) is 0.949. The average molecular weight is 239 g/mol. The Labute approximate surface area is 103 Å². The van der Waals surface area contributed by atoms with Crippen LogP contribution in [0, 0.1) is 0 Å². The lowest BCUT2D eigenvalue weighted by atomic mass is 10.2. The predicted molar refractivity (Wildman–Crippen MR) is 71.1 cm³/mol. The normalized spacial score (nSPS) is 10.4. The summed E-state index contributed by atoms with van der Waals surface area (Å²) in [5, 5.41) is 0. The Balaban J connectivity index is 2.63. The second-order valence-electron chi connectivity index (χ2n) is 3.70. The van der Waals surface area contributed by atoms with E-state index in [9.17, 15) is 0 Å². The van der Waals surface area contributed by atoms with Crippen LogP contribution in [0.4, 0.5) is 0 Å². The highest BCUT2D eigenvalue weighted by Gasteiger charge is 2.06. The van der Waals surface area contributed by atoms with Crippen molar-refractivity contribution in [3.63, 3.8) is 0 Å². The number of nitrogens with two attached hydrogens (primary N) is 1. The molecule has 2 N–H and O–H groups in total. The molecule has 16 heavy (non-hydrogen) atoms. The van der Waals surface area contributed by atoms with Crippen LogP contribution in [-0.2, 0) is 6.54 Å². The van der Waals surface area contributed by atoms with E-state index in [-0.39, 0.29) is 0 Å². The summed E-state index contributed by atoms with van der Waals surface area (Å²) in [6.45, 7) is 3.53. The van der Waals surface area contributed by atoms with Crippen LogP contribution in [-0.4, -0.2) is 12.9 Å². The lowest BCUT2D eigenvalue weighted by Crippen LogP contribution is -2.05. The maximum atomic E-state index is 5.78. The van der Waals surface area contributed by atoms with E-state index in [0.717, 1.165) is 24.3 Å². The van der Waals surface area contributed by atoms with E-state index >= 15 is 0 Å². The molecule has 0 heterocycles. The molecule has 0 aliphatic heterocycles. The first-order chi connectivity index (χ1) is 7.83. The van der Waals surface area contributed by atoms with E-state index in [0.29, 0.717) is 6.54 Å². The van der Waals surface area contributed by atoms with Crippen molar-refractivity contribution in [2.24, 2.45) is 5.73 Å². The first-order valence-electron chi connectivity index (χ1n) is 5.82. The molecule has 0 radical (unpaired) electrons. The van der Waals surface area contributed by atoms with Gasteiger partial charge in [0.2, 0.25) is 0 Å². The number of thioether (sulfide) groups is 1. The minimum atomic E-state index is 0.542. The SMILES string of the molecule is CCCCCOc1cccc(SC)c1CN. The minimum absolute atomic E-state index is 0.542. The summed E-state index contributed by atoms with van der Waals surface area (Å²) in [5.41, 5.74) is 6.90. The van der Waals surface area contributed by atoms with Crippen LogP contribution < -0.4 is 10.5 Å².